The standard InChI is InChI=1S/C42H68O14/c1-37(2)12-14-42(36(52)56-35-32(51)30(49)28(47)24(19-44)54-35)15-13-40(6)20(21(42)16-37)8-9-26-39(5)17-22(45)33(38(3,4)25(39)10-11-41(26,40)7)55-34-31(50)29(48)27(46)23(18-43)53-34/h8,21-35,43-51H,9-19H2,1-7H3/t21-,22-,23-,24-,25+,26-,27-,28-,29+,30+,31-,32-,33+,34+,35+,39+,40-,41-,42+/m1/s1. The molecular formula is C42H68O14. The van der Waals surface area contributed by atoms with Crippen molar-refractivity contribution in [2.75, 3.05) is 13.2 Å². The SMILES string of the molecule is CC1(C)CC[C@]2(C(=O)O[C@@H]3O[C@H](CO)[C@@H](O)[C@H](O)[C@H]3O)CC[C@]3(C)C(=CC[C@@H]4[C@@]5(C)C[C@@H](O)[C@H](O[C@@H]6O[C@H](CO)[C@@H](O)[C@H](O)[C@H]6O)C(C)(C)[C@@H]5CC[C@]43C)[C@H]2C1. The van der Waals surface area contributed by atoms with E-state index < -0.39 is 104 Å². The van der Waals surface area contributed by atoms with Crippen LogP contribution in [0.5, 0.6) is 0 Å². The Labute approximate surface area is 330 Å². The first kappa shape index (κ1) is 42.8. The third-order valence-electron chi connectivity index (χ3n) is 17.1. The Hall–Kier alpha value is -1.27. The number of allylic oxidation sites excluding steroid dienone is 2. The van der Waals surface area contributed by atoms with Gasteiger partial charge in [0.1, 0.15) is 48.8 Å². The fourth-order valence-electron chi connectivity index (χ4n) is 13.7. The topological polar surface area (TPSA) is 236 Å². The van der Waals surface area contributed by atoms with Crippen LogP contribution in [0.2, 0.25) is 0 Å². The number of carbonyl (C=O) groups is 1. The van der Waals surface area contributed by atoms with Gasteiger partial charge in [0.05, 0.1) is 30.8 Å². The van der Waals surface area contributed by atoms with Crippen molar-refractivity contribution in [2.45, 2.75) is 180 Å². The monoisotopic (exact) mass is 796 g/mol. The van der Waals surface area contributed by atoms with E-state index >= 15 is 0 Å². The molecule has 4 saturated carbocycles. The van der Waals surface area contributed by atoms with Crippen LogP contribution in [0.25, 0.3) is 0 Å². The Morgan fingerprint density at radius 2 is 1.29 bits per heavy atom. The highest BCUT2D eigenvalue weighted by Gasteiger charge is 2.71. The fraction of sp³-hybridized carbons (Fsp3) is 0.929. The van der Waals surface area contributed by atoms with Crippen LogP contribution in [0.3, 0.4) is 0 Å². The van der Waals surface area contributed by atoms with Crippen LogP contribution in [0.4, 0.5) is 0 Å². The predicted molar refractivity (Wildman–Crippen MR) is 199 cm³/mol. The molecule has 2 heterocycles. The second-order valence-electron chi connectivity index (χ2n) is 20.8. The van der Waals surface area contributed by atoms with E-state index in [9.17, 15) is 50.8 Å². The molecule has 6 fully saturated rings. The van der Waals surface area contributed by atoms with Gasteiger partial charge in [0, 0.05) is 0 Å². The number of hydrogen-bond acceptors (Lipinski definition) is 14. The first-order valence-corrected chi connectivity index (χ1v) is 20.9. The van der Waals surface area contributed by atoms with Gasteiger partial charge in [-0.2, -0.15) is 0 Å². The number of ether oxygens (including phenoxy) is 4. The minimum atomic E-state index is -1.68. The average Bonchev–Trinajstić information content (AvgIpc) is 3.13. The number of fused-ring (bicyclic) bond motifs is 7. The molecule has 320 valence electrons. The predicted octanol–water partition coefficient (Wildman–Crippen LogP) is 1.29. The summed E-state index contributed by atoms with van der Waals surface area (Å²) in [4.78, 5) is 14.6. The third-order valence-corrected chi connectivity index (χ3v) is 17.1. The van der Waals surface area contributed by atoms with Crippen molar-refractivity contribution < 1.29 is 69.7 Å². The normalized spacial score (nSPS) is 53.7. The molecule has 0 aromatic heterocycles. The van der Waals surface area contributed by atoms with E-state index in [0.717, 1.165) is 38.5 Å². The van der Waals surface area contributed by atoms with Crippen molar-refractivity contribution in [3.05, 3.63) is 11.6 Å². The number of aliphatic hydroxyl groups excluding tert-OH is 9. The van der Waals surface area contributed by atoms with E-state index in [4.69, 9.17) is 18.9 Å². The minimum absolute atomic E-state index is 0.0501. The summed E-state index contributed by atoms with van der Waals surface area (Å²) in [5.41, 5.74) is -1.07. The van der Waals surface area contributed by atoms with Crippen molar-refractivity contribution >= 4 is 5.97 Å². The number of aliphatic hydroxyl groups is 9. The Kier molecular flexibility index (Phi) is 11.0. The number of carbonyl (C=O) groups excluding carboxylic acids is 1. The average molecular weight is 797 g/mol. The highest BCUT2D eigenvalue weighted by molar-refractivity contribution is 5.79. The maximum atomic E-state index is 14.6. The van der Waals surface area contributed by atoms with Gasteiger partial charge in [-0.05, 0) is 103 Å². The van der Waals surface area contributed by atoms with Crippen molar-refractivity contribution in [2.24, 2.45) is 50.2 Å². The summed E-state index contributed by atoms with van der Waals surface area (Å²) in [6.45, 7) is 14.5. The Morgan fingerprint density at radius 1 is 0.714 bits per heavy atom. The van der Waals surface area contributed by atoms with Gasteiger partial charge in [0.2, 0.25) is 6.29 Å². The van der Waals surface area contributed by atoms with E-state index in [-0.39, 0.29) is 39.4 Å². The lowest BCUT2D eigenvalue weighted by Crippen LogP contribution is -2.68. The highest BCUT2D eigenvalue weighted by Crippen LogP contribution is 2.76. The zero-order valence-corrected chi connectivity index (χ0v) is 34.1. The Morgan fingerprint density at radius 3 is 1.89 bits per heavy atom. The molecule has 14 heteroatoms. The van der Waals surface area contributed by atoms with Gasteiger partial charge in [-0.15, -0.1) is 0 Å². The third kappa shape index (κ3) is 6.21. The Bertz CT molecular complexity index is 1520. The summed E-state index contributed by atoms with van der Waals surface area (Å²) < 4.78 is 23.7. The maximum Gasteiger partial charge on any atom is 0.315 e. The number of rotatable bonds is 6. The maximum absolute atomic E-state index is 14.6. The Balaban J connectivity index is 1.17. The lowest BCUT2D eigenvalue weighted by Gasteiger charge is -2.71. The van der Waals surface area contributed by atoms with Gasteiger partial charge in [0.25, 0.3) is 0 Å². The molecule has 7 aliphatic rings. The van der Waals surface area contributed by atoms with Crippen LogP contribution >= 0.6 is 0 Å². The van der Waals surface area contributed by atoms with Crippen LogP contribution in [0.1, 0.15) is 106 Å². The van der Waals surface area contributed by atoms with E-state index in [0.29, 0.717) is 19.3 Å². The molecule has 56 heavy (non-hydrogen) atoms. The van der Waals surface area contributed by atoms with E-state index in [1.54, 1.807) is 0 Å². The van der Waals surface area contributed by atoms with Crippen LogP contribution in [-0.2, 0) is 23.7 Å². The van der Waals surface area contributed by atoms with Gasteiger partial charge >= 0.3 is 5.97 Å². The number of esters is 1. The van der Waals surface area contributed by atoms with Gasteiger partial charge < -0.3 is 64.9 Å². The molecule has 5 aliphatic carbocycles. The molecule has 7 rings (SSSR count). The molecule has 0 bridgehead atoms. The molecule has 9 N–H and O–H groups in total. The summed E-state index contributed by atoms with van der Waals surface area (Å²) >= 11 is 0. The molecule has 0 amide bonds. The molecule has 19 atom stereocenters. The molecular weight excluding hydrogens is 728 g/mol. The van der Waals surface area contributed by atoms with Gasteiger partial charge in [-0.25, -0.2) is 0 Å². The first-order chi connectivity index (χ1) is 26.0. The van der Waals surface area contributed by atoms with Gasteiger partial charge in [0.15, 0.2) is 6.29 Å². The molecule has 0 spiro atoms. The molecule has 0 aromatic carbocycles. The molecule has 2 aliphatic heterocycles. The summed E-state index contributed by atoms with van der Waals surface area (Å²) in [7, 11) is 0. The van der Waals surface area contributed by atoms with Crippen LogP contribution < -0.4 is 0 Å². The van der Waals surface area contributed by atoms with Crippen molar-refractivity contribution in [3.63, 3.8) is 0 Å². The molecule has 2 saturated heterocycles. The van der Waals surface area contributed by atoms with Crippen molar-refractivity contribution in [3.8, 4) is 0 Å². The summed E-state index contributed by atoms with van der Waals surface area (Å²) in [5, 5.41) is 94.7. The summed E-state index contributed by atoms with van der Waals surface area (Å²) in [6, 6.07) is 0. The molecule has 0 unspecified atom stereocenters. The summed E-state index contributed by atoms with van der Waals surface area (Å²) in [6.07, 6.45) is -7.70. The fourth-order valence-corrected chi connectivity index (χ4v) is 13.7. The smallest absolute Gasteiger partial charge is 0.315 e. The van der Waals surface area contributed by atoms with E-state index in [2.05, 4.69) is 54.5 Å². The quantitative estimate of drug-likeness (QED) is 0.105. The van der Waals surface area contributed by atoms with E-state index in [1.807, 2.05) is 0 Å². The molecule has 0 aromatic rings. The second kappa shape index (κ2) is 14.4. The lowest BCUT2D eigenvalue weighted by atomic mass is 9.33. The lowest BCUT2D eigenvalue weighted by molar-refractivity contribution is -0.341. The van der Waals surface area contributed by atoms with Crippen LogP contribution in [0.15, 0.2) is 11.6 Å². The summed E-state index contributed by atoms with van der Waals surface area (Å²) in [5.74, 6) is -0.351. The highest BCUT2D eigenvalue weighted by atomic mass is 16.7. The zero-order valence-electron chi connectivity index (χ0n) is 34.1. The number of hydrogen-bond donors (Lipinski definition) is 9. The second-order valence-corrected chi connectivity index (χ2v) is 20.8. The van der Waals surface area contributed by atoms with Gasteiger partial charge in [-0.1, -0.05) is 60.1 Å². The van der Waals surface area contributed by atoms with Crippen molar-refractivity contribution in [1.29, 1.82) is 0 Å². The minimum Gasteiger partial charge on any atom is -0.432 e. The van der Waals surface area contributed by atoms with Crippen LogP contribution in [-0.4, -0.2) is 139 Å². The molecule has 14 nitrogen and oxygen atoms in total. The first-order valence-electron chi connectivity index (χ1n) is 20.9. The van der Waals surface area contributed by atoms with Gasteiger partial charge in [-0.3, -0.25) is 4.79 Å². The van der Waals surface area contributed by atoms with Crippen LogP contribution in [0, 0.1) is 50.2 Å². The molecule has 0 radical (unpaired) electrons. The zero-order chi connectivity index (χ0) is 41.1. The van der Waals surface area contributed by atoms with Crippen molar-refractivity contribution in [1.82, 2.24) is 0 Å². The largest absolute Gasteiger partial charge is 0.432 e. The van der Waals surface area contributed by atoms with E-state index in [1.165, 1.54) is 5.57 Å².